The highest BCUT2D eigenvalue weighted by molar-refractivity contribution is 7.31. The number of benzene rings is 1. The van der Waals surface area contributed by atoms with Gasteiger partial charge in [-0.1, -0.05) is 18.2 Å². The molecule has 1 unspecified atom stereocenters. The van der Waals surface area contributed by atoms with E-state index in [1.54, 1.807) is 5.80 Å². The van der Waals surface area contributed by atoms with Gasteiger partial charge in [-0.15, -0.1) is 0 Å². The van der Waals surface area contributed by atoms with E-state index in [1.165, 1.54) is 0 Å². The van der Waals surface area contributed by atoms with Gasteiger partial charge in [0, 0.05) is 5.39 Å². The van der Waals surface area contributed by atoms with Gasteiger partial charge >= 0.3 is 7.57 Å². The fourth-order valence-electron chi connectivity index (χ4n) is 1.05. The predicted octanol–water partition coefficient (Wildman–Crippen LogP) is 2.91. The average Bonchev–Trinajstić information content (AvgIpc) is 2.04. The molecule has 1 atom stereocenters. The van der Waals surface area contributed by atoms with Crippen LogP contribution in [0.4, 0.5) is 0 Å². The first kappa shape index (κ1) is 6.56. The van der Waals surface area contributed by atoms with Crippen molar-refractivity contribution < 1.29 is 4.57 Å². The normalized spacial score (nSPS) is 11.8. The Hall–Kier alpha value is -1.14. The number of para-hydroxylation sites is 1. The third kappa shape index (κ3) is 1.17. The van der Waals surface area contributed by atoms with E-state index in [1.807, 2.05) is 30.3 Å². The van der Waals surface area contributed by atoms with Crippen LogP contribution in [0.5, 0.6) is 0 Å². The lowest BCUT2D eigenvalue weighted by atomic mass is 10.2. The summed E-state index contributed by atoms with van der Waals surface area (Å²) in [6, 6.07) is 9.68. The summed E-state index contributed by atoms with van der Waals surface area (Å²) in [5, 5.41) is 1.10. The lowest BCUT2D eigenvalue weighted by molar-refractivity contribution is 0.597. The Morgan fingerprint density at radius 1 is 1.18 bits per heavy atom. The van der Waals surface area contributed by atoms with Crippen LogP contribution in [0.15, 0.2) is 36.1 Å². The van der Waals surface area contributed by atoms with Crippen LogP contribution >= 0.6 is 7.57 Å². The molecule has 54 valence electrons. The summed E-state index contributed by atoms with van der Waals surface area (Å²) in [6.45, 7) is 0. The van der Waals surface area contributed by atoms with E-state index in [2.05, 4.69) is 4.75 Å². The van der Waals surface area contributed by atoms with E-state index in [0.717, 1.165) is 10.9 Å². The predicted molar refractivity (Wildman–Crippen MR) is 45.9 cm³/mol. The zero-order valence-corrected chi connectivity index (χ0v) is 6.71. The summed E-state index contributed by atoms with van der Waals surface area (Å²) in [4.78, 5) is 0. The number of H-pyrrole nitrogens is 1. The van der Waals surface area contributed by atoms with Crippen molar-refractivity contribution in [3.63, 3.8) is 0 Å². The van der Waals surface area contributed by atoms with Gasteiger partial charge in [-0.25, -0.2) is 0 Å². The Labute approximate surface area is 64.7 Å². The molecule has 0 radical (unpaired) electrons. The van der Waals surface area contributed by atoms with Crippen molar-refractivity contribution >= 4 is 18.5 Å². The molecule has 3 heteroatoms. The van der Waals surface area contributed by atoms with Crippen molar-refractivity contribution in [2.24, 2.45) is 0 Å². The zero-order valence-electron chi connectivity index (χ0n) is 5.82. The van der Waals surface area contributed by atoms with Crippen molar-refractivity contribution in [2.75, 3.05) is 0 Å². The number of hydrogen-bond acceptors (Lipinski definition) is 1. The van der Waals surface area contributed by atoms with Gasteiger partial charge in [-0.2, -0.15) is 4.75 Å². The largest absolute Gasteiger partial charge is 0.491 e. The molecule has 0 fully saturated rings. The molecular weight excluding hydrogens is 157 g/mol. The molecule has 0 amide bonds. The van der Waals surface area contributed by atoms with Crippen LogP contribution in [0, 0.1) is 0 Å². The topological polar surface area (TPSA) is 32.9 Å². The fourth-order valence-corrected chi connectivity index (χ4v) is 1.86. The lowest BCUT2D eigenvalue weighted by Gasteiger charge is -1.87. The van der Waals surface area contributed by atoms with E-state index < -0.39 is 7.57 Å². The van der Waals surface area contributed by atoms with Gasteiger partial charge in [0.05, 0.1) is 5.52 Å². The number of fused-ring (bicyclic) bond motifs is 1. The average molecular weight is 164 g/mol. The van der Waals surface area contributed by atoms with Crippen molar-refractivity contribution in [1.29, 1.82) is 0 Å². The molecule has 0 aliphatic rings. The summed E-state index contributed by atoms with van der Waals surface area (Å²) in [5.41, 5.74) is 0.955. The summed E-state index contributed by atoms with van der Waals surface area (Å²) >= 11 is 0. The Balaban J connectivity index is 2.94. The van der Waals surface area contributed by atoms with Crippen LogP contribution in [-0.2, 0) is 4.57 Å². The molecule has 0 spiro atoms. The molecule has 1 aromatic heterocycles. The zero-order chi connectivity index (χ0) is 7.68. The molecule has 1 aromatic carbocycles. The molecule has 0 bridgehead atoms. The highest BCUT2D eigenvalue weighted by Crippen LogP contribution is 2.16. The maximum absolute atomic E-state index is 11.0. The highest BCUT2D eigenvalue weighted by atomic mass is 31.1. The summed E-state index contributed by atoms with van der Waals surface area (Å²) < 4.78 is 13.9. The van der Waals surface area contributed by atoms with Crippen LogP contribution in [0.2, 0.25) is 0 Å². The van der Waals surface area contributed by atoms with Crippen LogP contribution in [0.3, 0.4) is 0 Å². The van der Waals surface area contributed by atoms with Crippen LogP contribution in [0.1, 0.15) is 0 Å². The van der Waals surface area contributed by atoms with Gasteiger partial charge in [-0.3, -0.25) is 0 Å². The molecule has 2 rings (SSSR count). The third-order valence-corrected chi connectivity index (χ3v) is 2.46. The number of aromatic nitrogens is 1. The van der Waals surface area contributed by atoms with E-state index in [0.29, 0.717) is 0 Å². The number of rotatable bonds is 0. The molecule has 1 N–H and O–H groups in total. The minimum absolute atomic E-state index is 0.955. The monoisotopic (exact) mass is 164 g/mol. The van der Waals surface area contributed by atoms with Gasteiger partial charge in [-0.05, 0) is 16.7 Å². The molecule has 1 heterocycles. The molecule has 2 nitrogen and oxygen atoms in total. The van der Waals surface area contributed by atoms with Crippen molar-refractivity contribution in [3.05, 3.63) is 36.1 Å². The number of hydrogen-bond donors (Lipinski definition) is 1. The number of aromatic amines is 1. The van der Waals surface area contributed by atoms with Crippen molar-refractivity contribution in [1.82, 2.24) is 4.75 Å². The quantitative estimate of drug-likeness (QED) is 0.637. The SMILES string of the molecule is O=[p+]1ccc2ccccc2[nH]1. The maximum Gasteiger partial charge on any atom is 0.491 e. The Bertz CT molecular complexity index is 435. The molecule has 11 heavy (non-hydrogen) atoms. The van der Waals surface area contributed by atoms with E-state index in [-0.39, 0.29) is 0 Å². The fraction of sp³-hybridized carbons (Fsp3) is 0. The Morgan fingerprint density at radius 2 is 2.00 bits per heavy atom. The lowest BCUT2D eigenvalue weighted by Crippen LogP contribution is -1.70. The van der Waals surface area contributed by atoms with E-state index in [9.17, 15) is 4.57 Å². The van der Waals surface area contributed by atoms with Gasteiger partial charge in [0.25, 0.3) is 0 Å². The van der Waals surface area contributed by atoms with Gasteiger partial charge in [0.2, 0.25) is 0 Å². The maximum atomic E-state index is 11.0. The molecule has 0 saturated heterocycles. The molecular formula is C8H7NOP+. The second-order valence-electron chi connectivity index (χ2n) is 2.34. The minimum atomic E-state index is -1.36. The summed E-state index contributed by atoms with van der Waals surface area (Å²) in [5.74, 6) is 1.68. The highest BCUT2D eigenvalue weighted by Gasteiger charge is 1.97. The third-order valence-electron chi connectivity index (χ3n) is 1.58. The summed E-state index contributed by atoms with van der Waals surface area (Å²) in [6.07, 6.45) is 0. The van der Waals surface area contributed by atoms with Gasteiger partial charge < -0.3 is 0 Å². The van der Waals surface area contributed by atoms with E-state index >= 15 is 0 Å². The first-order valence-corrected chi connectivity index (χ1v) is 4.69. The van der Waals surface area contributed by atoms with Crippen LogP contribution in [-0.4, -0.2) is 4.75 Å². The summed E-state index contributed by atoms with van der Waals surface area (Å²) in [7, 11) is -1.36. The smallest absolute Gasteiger partial charge is 0.174 e. The molecule has 0 aliphatic carbocycles. The second-order valence-corrected chi connectivity index (χ2v) is 3.51. The van der Waals surface area contributed by atoms with Crippen LogP contribution in [0.25, 0.3) is 10.9 Å². The van der Waals surface area contributed by atoms with Gasteiger partial charge in [0.1, 0.15) is 0 Å². The standard InChI is InChI=1S/C8H7NOP/c10-11-6-5-7-3-1-2-4-8(7)9-11/h1-6H,(H,9,10)/q+1. The molecule has 0 saturated carbocycles. The van der Waals surface area contributed by atoms with Gasteiger partial charge in [0.15, 0.2) is 5.80 Å². The minimum Gasteiger partial charge on any atom is -0.174 e. The Morgan fingerprint density at radius 3 is 2.91 bits per heavy atom. The van der Waals surface area contributed by atoms with Crippen molar-refractivity contribution in [2.45, 2.75) is 0 Å². The second kappa shape index (κ2) is 2.48. The Kier molecular flexibility index (Phi) is 1.48. The number of nitrogens with one attached hydrogen (secondary N) is 1. The van der Waals surface area contributed by atoms with E-state index in [4.69, 9.17) is 0 Å². The van der Waals surface area contributed by atoms with Crippen molar-refractivity contribution in [3.8, 4) is 0 Å². The first-order valence-electron chi connectivity index (χ1n) is 3.36. The first-order chi connectivity index (χ1) is 5.36. The molecule has 0 aliphatic heterocycles. The molecule has 2 aromatic rings. The van der Waals surface area contributed by atoms with Crippen LogP contribution < -0.4 is 0 Å².